The summed E-state index contributed by atoms with van der Waals surface area (Å²) in [7, 11) is 5.50. The summed E-state index contributed by atoms with van der Waals surface area (Å²) in [5.41, 5.74) is 0.407. The van der Waals surface area contributed by atoms with E-state index in [9.17, 15) is 14.9 Å². The van der Waals surface area contributed by atoms with Gasteiger partial charge < -0.3 is 23.8 Å². The molecule has 0 N–H and O–H groups in total. The van der Waals surface area contributed by atoms with Gasteiger partial charge >= 0.3 is 5.69 Å². The number of methoxy groups -OCH3 is 3. The highest BCUT2D eigenvalue weighted by Gasteiger charge is 2.33. The van der Waals surface area contributed by atoms with Gasteiger partial charge in [0, 0.05) is 13.1 Å². The molecule has 0 saturated heterocycles. The van der Waals surface area contributed by atoms with Crippen LogP contribution in [0.1, 0.15) is 15.9 Å². The van der Waals surface area contributed by atoms with Crippen LogP contribution in [0.2, 0.25) is 0 Å². The fraction of sp³-hybridized carbons (Fsp3) is 0.350. The first-order chi connectivity index (χ1) is 13.8. The van der Waals surface area contributed by atoms with E-state index in [-0.39, 0.29) is 36.0 Å². The van der Waals surface area contributed by atoms with Crippen molar-refractivity contribution in [2.24, 2.45) is 0 Å². The number of ether oxygens (including phenoxy) is 4. The topological polar surface area (TPSA) is 100 Å². The van der Waals surface area contributed by atoms with Crippen molar-refractivity contribution >= 4 is 11.6 Å². The molecule has 2 aromatic rings. The van der Waals surface area contributed by atoms with Crippen molar-refractivity contribution in [3.63, 3.8) is 0 Å². The average Bonchev–Trinajstić information content (AvgIpc) is 2.71. The Kier molecular flexibility index (Phi) is 7.24. The lowest BCUT2D eigenvalue weighted by Crippen LogP contribution is -2.31. The lowest BCUT2D eigenvalue weighted by molar-refractivity contribution is -0.386. The predicted molar refractivity (Wildman–Crippen MR) is 106 cm³/mol. The van der Waals surface area contributed by atoms with Crippen molar-refractivity contribution in [2.45, 2.75) is 6.92 Å². The number of carbonyl (C=O) groups excluding carboxylic acids is 1. The van der Waals surface area contributed by atoms with Gasteiger partial charge in [0.1, 0.15) is 17.9 Å². The molecule has 0 aliphatic carbocycles. The molecule has 0 heterocycles. The number of likely N-dealkylation sites (N-methyl/N-ethyl adjacent to an activating group) is 1. The second kappa shape index (κ2) is 9.63. The van der Waals surface area contributed by atoms with Crippen LogP contribution in [0.25, 0.3) is 0 Å². The first-order valence-corrected chi connectivity index (χ1v) is 8.76. The molecule has 0 aromatic heterocycles. The molecule has 9 nitrogen and oxygen atoms in total. The molecule has 0 fully saturated rings. The molecule has 0 aliphatic heterocycles. The van der Waals surface area contributed by atoms with Gasteiger partial charge in [-0.3, -0.25) is 14.9 Å². The highest BCUT2D eigenvalue weighted by Crippen LogP contribution is 2.46. The second-order valence-corrected chi connectivity index (χ2v) is 6.19. The van der Waals surface area contributed by atoms with Crippen molar-refractivity contribution in [3.8, 4) is 23.0 Å². The van der Waals surface area contributed by atoms with E-state index in [4.69, 9.17) is 18.9 Å². The molecular weight excluding hydrogens is 380 g/mol. The summed E-state index contributed by atoms with van der Waals surface area (Å²) in [5, 5.41) is 11.7. The van der Waals surface area contributed by atoms with Gasteiger partial charge in [0.05, 0.1) is 32.8 Å². The molecule has 0 unspecified atom stereocenters. The molecule has 0 saturated carbocycles. The van der Waals surface area contributed by atoms with Crippen LogP contribution in [0, 0.1) is 17.0 Å². The predicted octanol–water partition coefficient (Wildman–Crippen LogP) is 3.08. The van der Waals surface area contributed by atoms with E-state index in [0.29, 0.717) is 5.75 Å². The third-order valence-corrected chi connectivity index (χ3v) is 4.25. The third kappa shape index (κ3) is 4.87. The second-order valence-electron chi connectivity index (χ2n) is 6.19. The van der Waals surface area contributed by atoms with E-state index in [2.05, 4.69) is 0 Å². The number of carbonyl (C=O) groups is 1. The molecule has 9 heteroatoms. The molecule has 0 aliphatic rings. The Balaban J connectivity index is 2.27. The normalized spacial score (nSPS) is 10.2. The van der Waals surface area contributed by atoms with Crippen LogP contribution in [-0.2, 0) is 0 Å². The first-order valence-electron chi connectivity index (χ1n) is 8.76. The quantitative estimate of drug-likeness (QED) is 0.468. The Morgan fingerprint density at radius 2 is 1.79 bits per heavy atom. The number of nitrogens with zero attached hydrogens (tertiary/aromatic N) is 2. The van der Waals surface area contributed by atoms with E-state index in [1.807, 2.05) is 31.2 Å². The van der Waals surface area contributed by atoms with E-state index >= 15 is 0 Å². The number of hydrogen-bond acceptors (Lipinski definition) is 7. The maximum absolute atomic E-state index is 12.9. The van der Waals surface area contributed by atoms with Crippen molar-refractivity contribution < 1.29 is 28.7 Å². The maximum atomic E-state index is 12.9. The van der Waals surface area contributed by atoms with E-state index < -0.39 is 16.5 Å². The fourth-order valence-electron chi connectivity index (χ4n) is 2.80. The smallest absolute Gasteiger partial charge is 0.327 e. The van der Waals surface area contributed by atoms with Gasteiger partial charge in [0.2, 0.25) is 11.5 Å². The SMILES string of the molecule is COc1cc(C(=O)N(C)CCOc2cccc(C)c2)c([N+](=O)[O-])c(OC)c1OC. The van der Waals surface area contributed by atoms with E-state index in [1.54, 1.807) is 0 Å². The number of amides is 1. The zero-order valence-electron chi connectivity index (χ0n) is 17.1. The number of rotatable bonds is 9. The van der Waals surface area contributed by atoms with Crippen LogP contribution < -0.4 is 18.9 Å². The number of hydrogen-bond donors (Lipinski definition) is 0. The third-order valence-electron chi connectivity index (χ3n) is 4.25. The van der Waals surface area contributed by atoms with Crippen LogP contribution >= 0.6 is 0 Å². The zero-order chi connectivity index (χ0) is 21.6. The van der Waals surface area contributed by atoms with Gasteiger partial charge in [-0.05, 0) is 24.6 Å². The maximum Gasteiger partial charge on any atom is 0.327 e. The summed E-state index contributed by atoms with van der Waals surface area (Å²) in [5.74, 6) is 0.143. The number of aryl methyl sites for hydroxylation is 1. The van der Waals surface area contributed by atoms with Crippen molar-refractivity contribution in [2.75, 3.05) is 41.5 Å². The van der Waals surface area contributed by atoms with Crippen molar-refractivity contribution in [1.29, 1.82) is 0 Å². The highest BCUT2D eigenvalue weighted by molar-refractivity contribution is 6.00. The molecule has 1 amide bonds. The Bertz CT molecular complexity index is 899. The van der Waals surface area contributed by atoms with Gasteiger partial charge in [0.25, 0.3) is 5.91 Å². The van der Waals surface area contributed by atoms with Gasteiger partial charge in [-0.15, -0.1) is 0 Å². The zero-order valence-corrected chi connectivity index (χ0v) is 17.1. The van der Waals surface area contributed by atoms with Gasteiger partial charge in [0.15, 0.2) is 5.75 Å². The van der Waals surface area contributed by atoms with Gasteiger partial charge in [-0.25, -0.2) is 0 Å². The van der Waals surface area contributed by atoms with Crippen LogP contribution in [0.4, 0.5) is 5.69 Å². The molecule has 0 bridgehead atoms. The lowest BCUT2D eigenvalue weighted by Gasteiger charge is -2.20. The van der Waals surface area contributed by atoms with Crippen molar-refractivity contribution in [3.05, 3.63) is 51.6 Å². The van der Waals surface area contributed by atoms with Gasteiger partial charge in [-0.1, -0.05) is 12.1 Å². The summed E-state index contributed by atoms with van der Waals surface area (Å²) >= 11 is 0. The van der Waals surface area contributed by atoms with Crippen molar-refractivity contribution in [1.82, 2.24) is 4.90 Å². The Morgan fingerprint density at radius 3 is 2.34 bits per heavy atom. The van der Waals surface area contributed by atoms with E-state index in [0.717, 1.165) is 5.56 Å². The van der Waals surface area contributed by atoms with Crippen LogP contribution in [-0.4, -0.2) is 57.3 Å². The summed E-state index contributed by atoms with van der Waals surface area (Å²) in [6.45, 7) is 2.40. The molecule has 2 aromatic carbocycles. The Labute approximate surface area is 168 Å². The highest BCUT2D eigenvalue weighted by atomic mass is 16.6. The summed E-state index contributed by atoms with van der Waals surface area (Å²) < 4.78 is 21.2. The van der Waals surface area contributed by atoms with E-state index in [1.165, 1.54) is 39.3 Å². The first kappa shape index (κ1) is 21.8. The van der Waals surface area contributed by atoms with Crippen LogP contribution in [0.5, 0.6) is 23.0 Å². The fourth-order valence-corrected chi connectivity index (χ4v) is 2.80. The minimum atomic E-state index is -0.675. The minimum Gasteiger partial charge on any atom is -0.493 e. The van der Waals surface area contributed by atoms with Crippen LogP contribution in [0.3, 0.4) is 0 Å². The Morgan fingerprint density at radius 1 is 1.10 bits per heavy atom. The lowest BCUT2D eigenvalue weighted by atomic mass is 10.1. The Hall–Kier alpha value is -3.49. The summed E-state index contributed by atoms with van der Waals surface area (Å²) in [6, 6.07) is 8.80. The molecule has 0 atom stereocenters. The van der Waals surface area contributed by atoms with Gasteiger partial charge in [-0.2, -0.15) is 0 Å². The molecule has 29 heavy (non-hydrogen) atoms. The summed E-state index contributed by atoms with van der Waals surface area (Å²) in [4.78, 5) is 25.2. The average molecular weight is 404 g/mol. The number of benzene rings is 2. The summed E-state index contributed by atoms with van der Waals surface area (Å²) in [6.07, 6.45) is 0. The molecule has 2 rings (SSSR count). The molecular formula is C20H24N2O7. The molecule has 0 radical (unpaired) electrons. The van der Waals surface area contributed by atoms with Crippen LogP contribution in [0.15, 0.2) is 30.3 Å². The largest absolute Gasteiger partial charge is 0.493 e. The number of nitro groups is 1. The standard InChI is InChI=1S/C20H24N2O7/c1-13-7-6-8-14(11-13)29-10-9-21(2)20(23)15-12-16(26-3)18(27-4)19(28-5)17(15)22(24)25/h6-8,11-12H,9-10H2,1-5H3. The minimum absolute atomic E-state index is 0.0451. The number of nitro benzene ring substituents is 1. The molecule has 0 spiro atoms. The monoisotopic (exact) mass is 404 g/mol. The molecule has 156 valence electrons.